The first-order chi connectivity index (χ1) is 8.04. The minimum atomic E-state index is -0.556. The Balaban J connectivity index is 2.69. The molecular weight excluding hydrogens is 220 g/mol. The molecule has 0 heterocycles. The van der Waals surface area contributed by atoms with E-state index >= 15 is 0 Å². The largest absolute Gasteiger partial charge is 0.447 e. The van der Waals surface area contributed by atoms with Gasteiger partial charge in [-0.3, -0.25) is 5.32 Å². The normalized spacial score (nSPS) is 9.88. The van der Waals surface area contributed by atoms with Crippen molar-refractivity contribution in [2.24, 2.45) is 0 Å². The number of aliphatic hydroxyl groups is 1. The summed E-state index contributed by atoms with van der Waals surface area (Å²) in [7, 11) is 3.91. The minimum absolute atomic E-state index is 0.000657. The molecular formula is C12H18N2O3. The quantitative estimate of drug-likeness (QED) is 0.836. The van der Waals surface area contributed by atoms with Crippen LogP contribution in [0.15, 0.2) is 18.2 Å². The van der Waals surface area contributed by atoms with Gasteiger partial charge in [-0.05, 0) is 30.7 Å². The zero-order chi connectivity index (χ0) is 12.8. The van der Waals surface area contributed by atoms with E-state index in [0.29, 0.717) is 5.69 Å². The maximum absolute atomic E-state index is 11.3. The molecule has 5 nitrogen and oxygen atoms in total. The van der Waals surface area contributed by atoms with Crippen molar-refractivity contribution in [3.05, 3.63) is 23.8 Å². The van der Waals surface area contributed by atoms with E-state index in [1.165, 1.54) is 0 Å². The van der Waals surface area contributed by atoms with Crippen molar-refractivity contribution >= 4 is 17.5 Å². The summed E-state index contributed by atoms with van der Waals surface area (Å²) in [5, 5.41) is 11.1. The zero-order valence-corrected chi connectivity index (χ0v) is 10.4. The van der Waals surface area contributed by atoms with Crippen LogP contribution < -0.4 is 10.2 Å². The Bertz CT molecular complexity index is 391. The van der Waals surface area contributed by atoms with E-state index in [2.05, 4.69) is 5.32 Å². The number of carbonyl (C=O) groups excluding carboxylic acids is 1. The molecule has 0 bridgehead atoms. The van der Waals surface area contributed by atoms with Crippen LogP contribution in [-0.4, -0.2) is 38.5 Å². The summed E-state index contributed by atoms with van der Waals surface area (Å²) in [4.78, 5) is 13.3. The van der Waals surface area contributed by atoms with Crippen molar-refractivity contribution in [1.82, 2.24) is 0 Å². The highest BCUT2D eigenvalue weighted by atomic mass is 16.6. The van der Waals surface area contributed by atoms with Crippen LogP contribution in [0.5, 0.6) is 0 Å². The molecule has 0 saturated carbocycles. The first-order valence-corrected chi connectivity index (χ1v) is 5.37. The highest BCUT2D eigenvalue weighted by Gasteiger charge is 2.06. The molecule has 1 rings (SSSR count). The molecule has 1 aromatic carbocycles. The predicted molar refractivity (Wildman–Crippen MR) is 67.6 cm³/mol. The first-order valence-electron chi connectivity index (χ1n) is 5.37. The van der Waals surface area contributed by atoms with Gasteiger partial charge >= 0.3 is 6.09 Å². The van der Waals surface area contributed by atoms with Gasteiger partial charge in [0, 0.05) is 25.5 Å². The third kappa shape index (κ3) is 3.96. The zero-order valence-electron chi connectivity index (χ0n) is 10.4. The molecule has 0 spiro atoms. The average molecular weight is 238 g/mol. The van der Waals surface area contributed by atoms with E-state index in [4.69, 9.17) is 9.84 Å². The third-order valence-electron chi connectivity index (χ3n) is 2.29. The number of carbonyl (C=O) groups is 1. The molecule has 0 fully saturated rings. The smallest absolute Gasteiger partial charge is 0.411 e. The summed E-state index contributed by atoms with van der Waals surface area (Å²) < 4.78 is 4.72. The Labute approximate surface area is 101 Å². The van der Waals surface area contributed by atoms with Gasteiger partial charge in [-0.2, -0.15) is 0 Å². The second-order valence-corrected chi connectivity index (χ2v) is 3.88. The van der Waals surface area contributed by atoms with Crippen molar-refractivity contribution < 1.29 is 14.6 Å². The number of hydrogen-bond donors (Lipinski definition) is 2. The van der Waals surface area contributed by atoms with Crippen molar-refractivity contribution in [3.8, 4) is 0 Å². The summed E-state index contributed by atoms with van der Waals surface area (Å²) in [5.74, 6) is 0. The third-order valence-corrected chi connectivity index (χ3v) is 2.29. The Kier molecular flexibility index (Phi) is 4.78. The number of aryl methyl sites for hydroxylation is 1. The Morgan fingerprint density at radius 1 is 1.47 bits per heavy atom. The second kappa shape index (κ2) is 6.10. The Hall–Kier alpha value is -1.75. The number of aliphatic hydroxyl groups excluding tert-OH is 1. The number of ether oxygens (including phenoxy) is 1. The molecule has 0 aliphatic heterocycles. The van der Waals surface area contributed by atoms with Crippen LogP contribution in [0.2, 0.25) is 0 Å². The summed E-state index contributed by atoms with van der Waals surface area (Å²) in [6.45, 7) is 1.74. The monoisotopic (exact) mass is 238 g/mol. The van der Waals surface area contributed by atoms with Crippen LogP contribution in [0.1, 0.15) is 5.56 Å². The minimum Gasteiger partial charge on any atom is -0.447 e. The standard InChI is InChI=1S/C12H18N2O3/c1-9-8-10(14(2)3)4-5-11(9)13-12(16)17-7-6-15/h4-5,8,15H,6-7H2,1-3H3,(H,13,16). The molecule has 5 heteroatoms. The summed E-state index contributed by atoms with van der Waals surface area (Å²) in [5.41, 5.74) is 2.73. The highest BCUT2D eigenvalue weighted by molar-refractivity contribution is 5.86. The van der Waals surface area contributed by atoms with Gasteiger partial charge in [-0.1, -0.05) is 0 Å². The van der Waals surface area contributed by atoms with Crippen LogP contribution in [0, 0.1) is 6.92 Å². The average Bonchev–Trinajstić information content (AvgIpc) is 2.28. The lowest BCUT2D eigenvalue weighted by molar-refractivity contribution is 0.131. The fourth-order valence-electron chi connectivity index (χ4n) is 1.35. The van der Waals surface area contributed by atoms with E-state index in [1.807, 2.05) is 44.1 Å². The summed E-state index contributed by atoms with van der Waals surface area (Å²) >= 11 is 0. The molecule has 1 amide bonds. The lowest BCUT2D eigenvalue weighted by Gasteiger charge is -2.15. The highest BCUT2D eigenvalue weighted by Crippen LogP contribution is 2.21. The molecule has 0 aromatic heterocycles. The lowest BCUT2D eigenvalue weighted by Crippen LogP contribution is -2.16. The van der Waals surface area contributed by atoms with Crippen molar-refractivity contribution in [2.45, 2.75) is 6.92 Å². The molecule has 2 N–H and O–H groups in total. The van der Waals surface area contributed by atoms with Crippen LogP contribution in [0.3, 0.4) is 0 Å². The van der Waals surface area contributed by atoms with Gasteiger partial charge in [-0.15, -0.1) is 0 Å². The van der Waals surface area contributed by atoms with E-state index in [-0.39, 0.29) is 13.2 Å². The maximum atomic E-state index is 11.3. The first kappa shape index (κ1) is 13.3. The van der Waals surface area contributed by atoms with Crippen molar-refractivity contribution in [1.29, 1.82) is 0 Å². The van der Waals surface area contributed by atoms with Gasteiger partial charge in [0.05, 0.1) is 6.61 Å². The number of hydrogen-bond acceptors (Lipinski definition) is 4. The molecule has 1 aromatic rings. The Morgan fingerprint density at radius 2 is 2.18 bits per heavy atom. The molecule has 0 aliphatic carbocycles. The van der Waals surface area contributed by atoms with Gasteiger partial charge in [0.25, 0.3) is 0 Å². The van der Waals surface area contributed by atoms with Gasteiger partial charge in [0.15, 0.2) is 0 Å². The van der Waals surface area contributed by atoms with E-state index in [0.717, 1.165) is 11.3 Å². The van der Waals surface area contributed by atoms with Crippen LogP contribution in [0.4, 0.5) is 16.2 Å². The van der Waals surface area contributed by atoms with E-state index in [9.17, 15) is 4.79 Å². The van der Waals surface area contributed by atoms with Gasteiger partial charge in [-0.25, -0.2) is 4.79 Å². The lowest BCUT2D eigenvalue weighted by atomic mass is 10.1. The molecule has 0 atom stereocenters. The topological polar surface area (TPSA) is 61.8 Å². The van der Waals surface area contributed by atoms with E-state index in [1.54, 1.807) is 0 Å². The molecule has 94 valence electrons. The molecule has 17 heavy (non-hydrogen) atoms. The SMILES string of the molecule is Cc1cc(N(C)C)ccc1NC(=O)OCCO. The number of benzene rings is 1. The van der Waals surface area contributed by atoms with Crippen LogP contribution >= 0.6 is 0 Å². The fourth-order valence-corrected chi connectivity index (χ4v) is 1.35. The fraction of sp³-hybridized carbons (Fsp3) is 0.417. The van der Waals surface area contributed by atoms with Crippen molar-refractivity contribution in [2.75, 3.05) is 37.5 Å². The van der Waals surface area contributed by atoms with Crippen LogP contribution in [0.25, 0.3) is 0 Å². The molecule has 0 saturated heterocycles. The van der Waals surface area contributed by atoms with Crippen LogP contribution in [-0.2, 0) is 4.74 Å². The number of nitrogens with one attached hydrogen (secondary N) is 1. The number of amides is 1. The Morgan fingerprint density at radius 3 is 2.71 bits per heavy atom. The second-order valence-electron chi connectivity index (χ2n) is 3.88. The molecule has 0 unspecified atom stereocenters. The number of nitrogens with zero attached hydrogens (tertiary/aromatic N) is 1. The van der Waals surface area contributed by atoms with Gasteiger partial charge in [0.1, 0.15) is 6.61 Å². The summed E-state index contributed by atoms with van der Waals surface area (Å²) in [6, 6.07) is 5.71. The van der Waals surface area contributed by atoms with Crippen molar-refractivity contribution in [3.63, 3.8) is 0 Å². The molecule has 0 aliphatic rings. The maximum Gasteiger partial charge on any atom is 0.411 e. The van der Waals surface area contributed by atoms with Gasteiger partial charge < -0.3 is 14.7 Å². The van der Waals surface area contributed by atoms with Gasteiger partial charge in [0.2, 0.25) is 0 Å². The predicted octanol–water partition coefficient (Wildman–Crippen LogP) is 1.60. The summed E-state index contributed by atoms with van der Waals surface area (Å²) in [6.07, 6.45) is -0.556. The number of anilines is 2. The van der Waals surface area contributed by atoms with E-state index < -0.39 is 6.09 Å². The molecule has 0 radical (unpaired) electrons. The number of rotatable bonds is 4.